The number of ether oxygens (including phenoxy) is 1. The van der Waals surface area contributed by atoms with Gasteiger partial charge >= 0.3 is 5.97 Å². The van der Waals surface area contributed by atoms with E-state index in [9.17, 15) is 9.59 Å². The van der Waals surface area contributed by atoms with Gasteiger partial charge in [-0.25, -0.2) is 4.98 Å². The van der Waals surface area contributed by atoms with Gasteiger partial charge in [0.05, 0.1) is 12.2 Å². The summed E-state index contributed by atoms with van der Waals surface area (Å²) in [6.07, 6.45) is 1.32. The number of carbonyl (C=O) groups excluding carboxylic acids is 1. The molecular formula is C12H15ClN2O4. The lowest BCUT2D eigenvalue weighted by Crippen LogP contribution is -2.35. The Morgan fingerprint density at radius 3 is 2.63 bits per heavy atom. The van der Waals surface area contributed by atoms with Gasteiger partial charge < -0.3 is 14.7 Å². The molecule has 0 atom stereocenters. The molecule has 0 aliphatic heterocycles. The number of amides is 1. The molecule has 1 aromatic rings. The van der Waals surface area contributed by atoms with E-state index >= 15 is 0 Å². The first kappa shape index (κ1) is 15.2. The van der Waals surface area contributed by atoms with Gasteiger partial charge in [0.1, 0.15) is 11.6 Å². The Morgan fingerprint density at radius 2 is 2.16 bits per heavy atom. The molecule has 0 saturated carbocycles. The van der Waals surface area contributed by atoms with Crippen LogP contribution in [0.3, 0.4) is 0 Å². The minimum Gasteiger partial charge on any atom is -0.480 e. The Bertz CT molecular complexity index is 479. The normalized spacial score (nSPS) is 10.1. The van der Waals surface area contributed by atoms with E-state index in [1.807, 2.05) is 0 Å². The molecule has 6 nitrogen and oxygen atoms in total. The number of pyridine rings is 1. The van der Waals surface area contributed by atoms with Crippen molar-refractivity contribution in [2.75, 3.05) is 19.7 Å². The van der Waals surface area contributed by atoms with Crippen LogP contribution in [-0.4, -0.2) is 46.6 Å². The number of aromatic nitrogens is 1. The number of carboxylic acid groups (broad SMARTS) is 1. The highest BCUT2D eigenvalue weighted by Crippen LogP contribution is 2.22. The highest BCUT2D eigenvalue weighted by molar-refractivity contribution is 6.32. The maximum Gasteiger partial charge on any atom is 0.323 e. The van der Waals surface area contributed by atoms with Crippen molar-refractivity contribution in [3.8, 4) is 5.88 Å². The van der Waals surface area contributed by atoms with E-state index in [0.29, 0.717) is 6.61 Å². The summed E-state index contributed by atoms with van der Waals surface area (Å²) < 4.78 is 5.16. The number of carboxylic acids is 1. The minimum atomic E-state index is -1.07. The fraction of sp³-hybridized carbons (Fsp3) is 0.417. The van der Waals surface area contributed by atoms with Gasteiger partial charge in [-0.1, -0.05) is 11.6 Å². The zero-order chi connectivity index (χ0) is 14.4. The number of hydrogen-bond acceptors (Lipinski definition) is 4. The van der Waals surface area contributed by atoms with E-state index in [-0.39, 0.29) is 29.6 Å². The first-order valence-electron chi connectivity index (χ1n) is 5.79. The summed E-state index contributed by atoms with van der Waals surface area (Å²) in [5.74, 6) is -1.25. The average Bonchev–Trinajstić information content (AvgIpc) is 2.37. The average molecular weight is 287 g/mol. The maximum absolute atomic E-state index is 12.1. The molecule has 0 radical (unpaired) electrons. The number of hydrogen-bond donors (Lipinski definition) is 1. The van der Waals surface area contributed by atoms with Crippen molar-refractivity contribution in [3.63, 3.8) is 0 Å². The highest BCUT2D eigenvalue weighted by Gasteiger charge is 2.18. The quantitative estimate of drug-likeness (QED) is 0.860. The molecule has 19 heavy (non-hydrogen) atoms. The van der Waals surface area contributed by atoms with Crippen molar-refractivity contribution in [1.29, 1.82) is 0 Å². The van der Waals surface area contributed by atoms with Crippen molar-refractivity contribution in [1.82, 2.24) is 9.88 Å². The minimum absolute atomic E-state index is 0.221. The summed E-state index contributed by atoms with van der Waals surface area (Å²) in [5, 5.41) is 8.95. The summed E-state index contributed by atoms with van der Waals surface area (Å²) in [7, 11) is 0. The van der Waals surface area contributed by atoms with Crippen LogP contribution in [0.15, 0.2) is 12.3 Å². The van der Waals surface area contributed by atoms with Gasteiger partial charge in [-0.2, -0.15) is 0 Å². The molecule has 0 fully saturated rings. The molecule has 0 aliphatic carbocycles. The second kappa shape index (κ2) is 6.94. The van der Waals surface area contributed by atoms with Gasteiger partial charge in [0.2, 0.25) is 5.88 Å². The van der Waals surface area contributed by atoms with Gasteiger partial charge in [-0.05, 0) is 19.9 Å². The fourth-order valence-corrected chi connectivity index (χ4v) is 1.68. The van der Waals surface area contributed by atoms with Crippen LogP contribution in [0.25, 0.3) is 0 Å². The number of carbonyl (C=O) groups is 2. The summed E-state index contributed by atoms with van der Waals surface area (Å²) in [5.41, 5.74) is 0.233. The molecule has 7 heteroatoms. The SMILES string of the molecule is CCOc1ncc(C(=O)N(CC)CC(=O)O)cc1Cl. The summed E-state index contributed by atoms with van der Waals surface area (Å²) >= 11 is 5.93. The lowest BCUT2D eigenvalue weighted by molar-refractivity contribution is -0.137. The molecule has 0 spiro atoms. The van der Waals surface area contributed by atoms with Crippen molar-refractivity contribution >= 4 is 23.5 Å². The van der Waals surface area contributed by atoms with Crippen LogP contribution in [0.4, 0.5) is 0 Å². The van der Waals surface area contributed by atoms with E-state index in [1.54, 1.807) is 13.8 Å². The predicted molar refractivity (Wildman–Crippen MR) is 69.6 cm³/mol. The monoisotopic (exact) mass is 286 g/mol. The lowest BCUT2D eigenvalue weighted by Gasteiger charge is -2.18. The Labute approximate surface area is 115 Å². The second-order valence-electron chi connectivity index (χ2n) is 3.66. The van der Waals surface area contributed by atoms with Crippen LogP contribution in [0.1, 0.15) is 24.2 Å². The van der Waals surface area contributed by atoms with Crippen molar-refractivity contribution in [2.24, 2.45) is 0 Å². The van der Waals surface area contributed by atoms with Crippen LogP contribution < -0.4 is 4.74 Å². The third-order valence-corrected chi connectivity index (χ3v) is 2.60. The largest absolute Gasteiger partial charge is 0.480 e. The van der Waals surface area contributed by atoms with E-state index in [4.69, 9.17) is 21.4 Å². The fourth-order valence-electron chi connectivity index (χ4n) is 1.46. The number of nitrogens with zero attached hydrogens (tertiary/aromatic N) is 2. The van der Waals surface area contributed by atoms with E-state index in [2.05, 4.69) is 4.98 Å². The molecule has 0 aliphatic rings. The molecule has 0 saturated heterocycles. The molecule has 104 valence electrons. The number of halogens is 1. The van der Waals surface area contributed by atoms with Crippen LogP contribution in [0.2, 0.25) is 5.02 Å². The van der Waals surface area contributed by atoms with Crippen molar-refractivity contribution < 1.29 is 19.4 Å². The lowest BCUT2D eigenvalue weighted by atomic mass is 10.2. The second-order valence-corrected chi connectivity index (χ2v) is 4.06. The summed E-state index contributed by atoms with van der Waals surface area (Å²) in [4.78, 5) is 27.8. The number of aliphatic carboxylic acids is 1. The van der Waals surface area contributed by atoms with E-state index in [1.165, 1.54) is 17.2 Å². The maximum atomic E-state index is 12.1. The Hall–Kier alpha value is -1.82. The molecule has 1 aromatic heterocycles. The Balaban J connectivity index is 2.92. The van der Waals surface area contributed by atoms with Crippen molar-refractivity contribution in [2.45, 2.75) is 13.8 Å². The van der Waals surface area contributed by atoms with Crippen LogP contribution in [0.5, 0.6) is 5.88 Å². The molecule has 1 N–H and O–H groups in total. The zero-order valence-electron chi connectivity index (χ0n) is 10.7. The van der Waals surface area contributed by atoms with Gasteiger partial charge in [0.25, 0.3) is 5.91 Å². The topological polar surface area (TPSA) is 79.7 Å². The molecule has 0 bridgehead atoms. The number of rotatable bonds is 6. The van der Waals surface area contributed by atoms with Crippen LogP contribution in [-0.2, 0) is 4.79 Å². The standard InChI is InChI=1S/C12H15ClN2O4/c1-3-15(7-10(16)17)12(18)8-5-9(13)11(14-6-8)19-4-2/h5-6H,3-4,7H2,1-2H3,(H,16,17). The molecule has 1 amide bonds. The molecule has 0 unspecified atom stereocenters. The zero-order valence-corrected chi connectivity index (χ0v) is 11.5. The van der Waals surface area contributed by atoms with Crippen molar-refractivity contribution in [3.05, 3.63) is 22.8 Å². The van der Waals surface area contributed by atoms with Gasteiger partial charge in [-0.15, -0.1) is 0 Å². The third kappa shape index (κ3) is 4.10. The predicted octanol–water partition coefficient (Wildman–Crippen LogP) is 1.68. The number of likely N-dealkylation sites (N-methyl/N-ethyl adjacent to an activating group) is 1. The molecular weight excluding hydrogens is 272 g/mol. The van der Waals surface area contributed by atoms with Crippen LogP contribution >= 0.6 is 11.6 Å². The summed E-state index contributed by atoms with van der Waals surface area (Å²) in [6, 6.07) is 1.42. The molecule has 1 rings (SSSR count). The summed E-state index contributed by atoms with van der Waals surface area (Å²) in [6.45, 7) is 3.84. The third-order valence-electron chi connectivity index (χ3n) is 2.33. The Kier molecular flexibility index (Phi) is 5.57. The molecule has 0 aromatic carbocycles. The highest BCUT2D eigenvalue weighted by atomic mass is 35.5. The first-order valence-corrected chi connectivity index (χ1v) is 6.16. The van der Waals surface area contributed by atoms with Crippen LogP contribution in [0, 0.1) is 0 Å². The van der Waals surface area contributed by atoms with E-state index in [0.717, 1.165) is 0 Å². The van der Waals surface area contributed by atoms with E-state index < -0.39 is 11.9 Å². The van der Waals surface area contributed by atoms with Gasteiger partial charge in [0.15, 0.2) is 0 Å². The van der Waals surface area contributed by atoms with Gasteiger partial charge in [-0.3, -0.25) is 9.59 Å². The van der Waals surface area contributed by atoms with Gasteiger partial charge in [0, 0.05) is 12.7 Å². The molecule has 1 heterocycles. The Morgan fingerprint density at radius 1 is 1.47 bits per heavy atom. The first-order chi connectivity index (χ1) is 8.99. The smallest absolute Gasteiger partial charge is 0.323 e.